The van der Waals surface area contributed by atoms with Crippen LogP contribution >= 0.6 is 0 Å². The number of anilines is 1. The first-order chi connectivity index (χ1) is 13.8. The van der Waals surface area contributed by atoms with Gasteiger partial charge in [-0.3, -0.25) is 9.67 Å². The van der Waals surface area contributed by atoms with E-state index in [0.29, 0.717) is 24.2 Å². The Hall–Kier alpha value is -3.36. The van der Waals surface area contributed by atoms with Crippen LogP contribution in [0.5, 0.6) is 0 Å². The molecule has 4 rings (SSSR count). The van der Waals surface area contributed by atoms with Crippen LogP contribution in [0.15, 0.2) is 54.7 Å². The van der Waals surface area contributed by atoms with Gasteiger partial charge in [0.15, 0.2) is 5.69 Å². The number of fused-ring (bicyclic) bond motifs is 1. The van der Waals surface area contributed by atoms with Gasteiger partial charge in [0.05, 0.1) is 23.6 Å². The predicted octanol–water partition coefficient (Wildman–Crippen LogP) is 4.12. The third kappa shape index (κ3) is 3.94. The number of alkyl halides is 3. The molecule has 0 atom stereocenters. The standard InChI is InChI=1S/C20H18F3N5O/c1-13-17-9-15(3-4-18(17)26-27(13)2)28-7-5-16(6-8-28)29-12-14-10-25-19(11-24-14)20(21,22)23/h3-7,9-11H,8,12H2,1-2H3. The number of rotatable bonds is 4. The Balaban J connectivity index is 1.39. The molecule has 0 radical (unpaired) electrons. The topological polar surface area (TPSA) is 56.1 Å². The summed E-state index contributed by atoms with van der Waals surface area (Å²) in [5, 5.41) is 5.56. The normalized spacial score (nSPS) is 14.4. The largest absolute Gasteiger partial charge is 0.487 e. The Morgan fingerprint density at radius 1 is 1.17 bits per heavy atom. The summed E-state index contributed by atoms with van der Waals surface area (Å²) in [4.78, 5) is 9.20. The fraction of sp³-hybridized carbons (Fsp3) is 0.250. The van der Waals surface area contributed by atoms with E-state index < -0.39 is 11.9 Å². The van der Waals surface area contributed by atoms with Crippen molar-refractivity contribution in [3.8, 4) is 0 Å². The van der Waals surface area contributed by atoms with E-state index in [0.717, 1.165) is 28.5 Å². The van der Waals surface area contributed by atoms with Gasteiger partial charge in [0.2, 0.25) is 0 Å². The molecule has 1 aliphatic rings. The lowest BCUT2D eigenvalue weighted by Gasteiger charge is -2.23. The highest BCUT2D eigenvalue weighted by Crippen LogP contribution is 2.27. The summed E-state index contributed by atoms with van der Waals surface area (Å²) >= 11 is 0. The minimum atomic E-state index is -4.50. The van der Waals surface area contributed by atoms with E-state index in [2.05, 4.69) is 26.0 Å². The van der Waals surface area contributed by atoms with Crippen molar-refractivity contribution >= 4 is 16.6 Å². The Kier molecular flexibility index (Phi) is 4.73. The highest BCUT2D eigenvalue weighted by atomic mass is 19.4. The summed E-state index contributed by atoms with van der Waals surface area (Å²) in [7, 11) is 1.92. The van der Waals surface area contributed by atoms with Crippen molar-refractivity contribution in [1.29, 1.82) is 0 Å². The fourth-order valence-corrected chi connectivity index (χ4v) is 3.00. The van der Waals surface area contributed by atoms with Gasteiger partial charge in [0.1, 0.15) is 12.4 Å². The number of aromatic nitrogens is 4. The van der Waals surface area contributed by atoms with Crippen LogP contribution in [0.4, 0.5) is 18.9 Å². The molecule has 0 bridgehead atoms. The number of halogens is 3. The van der Waals surface area contributed by atoms with Crippen LogP contribution in [0.25, 0.3) is 10.9 Å². The van der Waals surface area contributed by atoms with Crippen LogP contribution < -0.4 is 4.90 Å². The van der Waals surface area contributed by atoms with E-state index in [1.165, 1.54) is 0 Å². The Morgan fingerprint density at radius 3 is 2.66 bits per heavy atom. The van der Waals surface area contributed by atoms with Crippen molar-refractivity contribution < 1.29 is 17.9 Å². The fourth-order valence-electron chi connectivity index (χ4n) is 3.00. The molecule has 0 saturated carbocycles. The SMILES string of the molecule is Cc1c2cc(N3C=CC(OCc4cnc(C(F)(F)F)cn4)=CC3)ccc2nn1C. The first kappa shape index (κ1) is 19.0. The highest BCUT2D eigenvalue weighted by molar-refractivity contribution is 5.85. The first-order valence-electron chi connectivity index (χ1n) is 8.90. The first-order valence-corrected chi connectivity index (χ1v) is 8.90. The summed E-state index contributed by atoms with van der Waals surface area (Å²) in [6.07, 6.45) is 2.90. The van der Waals surface area contributed by atoms with Gasteiger partial charge >= 0.3 is 6.18 Å². The molecule has 0 aliphatic carbocycles. The van der Waals surface area contributed by atoms with Crippen molar-refractivity contribution in [2.45, 2.75) is 19.7 Å². The third-order valence-corrected chi connectivity index (χ3v) is 4.74. The molecular weight excluding hydrogens is 383 g/mol. The molecule has 0 amide bonds. The zero-order valence-corrected chi connectivity index (χ0v) is 15.8. The lowest BCUT2D eigenvalue weighted by Crippen LogP contribution is -2.19. The van der Waals surface area contributed by atoms with Gasteiger partial charge in [-0.1, -0.05) is 0 Å². The number of hydrogen-bond acceptors (Lipinski definition) is 5. The van der Waals surface area contributed by atoms with Gasteiger partial charge in [-0.05, 0) is 37.3 Å². The predicted molar refractivity (Wildman–Crippen MR) is 102 cm³/mol. The van der Waals surface area contributed by atoms with Gasteiger partial charge < -0.3 is 9.64 Å². The van der Waals surface area contributed by atoms with Gasteiger partial charge in [0.25, 0.3) is 0 Å². The second-order valence-electron chi connectivity index (χ2n) is 6.66. The number of hydrogen-bond donors (Lipinski definition) is 0. The highest BCUT2D eigenvalue weighted by Gasteiger charge is 2.32. The van der Waals surface area contributed by atoms with Crippen molar-refractivity contribution in [2.75, 3.05) is 11.4 Å². The van der Waals surface area contributed by atoms with Crippen molar-refractivity contribution in [3.63, 3.8) is 0 Å². The third-order valence-electron chi connectivity index (χ3n) is 4.74. The number of benzene rings is 1. The molecule has 0 unspecified atom stereocenters. The van der Waals surface area contributed by atoms with E-state index in [9.17, 15) is 13.2 Å². The average molecular weight is 401 g/mol. The summed E-state index contributed by atoms with van der Waals surface area (Å²) < 4.78 is 45.0. The quantitative estimate of drug-likeness (QED) is 0.658. The molecule has 0 spiro atoms. The van der Waals surface area contributed by atoms with Crippen molar-refractivity contribution in [1.82, 2.24) is 19.7 Å². The van der Waals surface area contributed by atoms with Crippen LogP contribution in [0, 0.1) is 6.92 Å². The maximum atomic E-state index is 12.5. The molecule has 0 N–H and O–H groups in total. The smallest absolute Gasteiger partial charge is 0.434 e. The second kappa shape index (κ2) is 7.23. The molecule has 2 aromatic heterocycles. The molecule has 3 heterocycles. The zero-order chi connectivity index (χ0) is 20.6. The summed E-state index contributed by atoms with van der Waals surface area (Å²) in [5.74, 6) is 0.626. The molecule has 0 fully saturated rings. The number of allylic oxidation sites excluding steroid dienone is 1. The average Bonchev–Trinajstić information content (AvgIpc) is 3.00. The number of nitrogens with zero attached hydrogens (tertiary/aromatic N) is 5. The maximum Gasteiger partial charge on any atom is 0.434 e. The Bertz CT molecular complexity index is 1100. The van der Waals surface area contributed by atoms with E-state index in [4.69, 9.17) is 4.74 Å². The lowest BCUT2D eigenvalue weighted by molar-refractivity contribution is -0.141. The van der Waals surface area contributed by atoms with Crippen LogP contribution in [0.1, 0.15) is 17.1 Å². The summed E-state index contributed by atoms with van der Waals surface area (Å²) in [5.41, 5.74) is 2.39. The minimum absolute atomic E-state index is 0.0438. The molecule has 9 heteroatoms. The van der Waals surface area contributed by atoms with Crippen LogP contribution in [-0.4, -0.2) is 26.3 Å². The number of ether oxygens (including phenoxy) is 1. The molecule has 1 aliphatic heterocycles. The second-order valence-corrected chi connectivity index (χ2v) is 6.66. The van der Waals surface area contributed by atoms with Crippen LogP contribution in [0.2, 0.25) is 0 Å². The molecule has 0 saturated heterocycles. The minimum Gasteiger partial charge on any atom is -0.487 e. The molecule has 29 heavy (non-hydrogen) atoms. The van der Waals surface area contributed by atoms with Crippen LogP contribution in [-0.2, 0) is 24.6 Å². The summed E-state index contributed by atoms with van der Waals surface area (Å²) in [6.45, 7) is 2.68. The van der Waals surface area contributed by atoms with Crippen molar-refractivity contribution in [2.24, 2.45) is 7.05 Å². The van der Waals surface area contributed by atoms with E-state index in [1.807, 2.05) is 43.1 Å². The van der Waals surface area contributed by atoms with E-state index in [1.54, 1.807) is 6.08 Å². The number of aryl methyl sites for hydroxylation is 2. The lowest BCUT2D eigenvalue weighted by atomic mass is 10.1. The monoisotopic (exact) mass is 401 g/mol. The Labute approximate surface area is 164 Å². The summed E-state index contributed by atoms with van der Waals surface area (Å²) in [6, 6.07) is 6.10. The van der Waals surface area contributed by atoms with Crippen molar-refractivity contribution in [3.05, 3.63) is 71.8 Å². The van der Waals surface area contributed by atoms with Gasteiger partial charge in [-0.25, -0.2) is 4.98 Å². The van der Waals surface area contributed by atoms with E-state index in [-0.39, 0.29) is 6.61 Å². The van der Waals surface area contributed by atoms with Gasteiger partial charge in [-0.2, -0.15) is 18.3 Å². The molecule has 150 valence electrons. The van der Waals surface area contributed by atoms with E-state index >= 15 is 0 Å². The molecule has 6 nitrogen and oxygen atoms in total. The van der Waals surface area contributed by atoms with Gasteiger partial charge in [-0.15, -0.1) is 0 Å². The molecule has 3 aromatic rings. The Morgan fingerprint density at radius 2 is 2.00 bits per heavy atom. The van der Waals surface area contributed by atoms with Crippen LogP contribution in [0.3, 0.4) is 0 Å². The maximum absolute atomic E-state index is 12.5. The zero-order valence-electron chi connectivity index (χ0n) is 15.8. The molecule has 1 aromatic carbocycles. The van der Waals surface area contributed by atoms with Gasteiger partial charge in [0, 0.05) is 36.6 Å². The molecular formula is C20H18F3N5O.